The molecule has 1 atom stereocenters. The fourth-order valence-corrected chi connectivity index (χ4v) is 2.93. The van der Waals surface area contributed by atoms with Crippen LogP contribution in [0.2, 0.25) is 0 Å². The van der Waals surface area contributed by atoms with Gasteiger partial charge in [-0.05, 0) is 37.0 Å². The van der Waals surface area contributed by atoms with E-state index < -0.39 is 0 Å². The molecule has 2 aromatic heterocycles. The number of hydrogen-bond donors (Lipinski definition) is 1. The van der Waals surface area contributed by atoms with Gasteiger partial charge in [-0.2, -0.15) is 0 Å². The maximum Gasteiger partial charge on any atom is 0.108 e. The number of aromatic nitrogens is 1. The molecule has 3 heteroatoms. The standard InChI is InChI=1S/C16H22N2O/c1-2-8-18-9-6-13(12-18)11-17-15-4-3-5-16-14(15)7-10-19-16/h6-7,9-10,12,15,17H,2-5,8,11H2,1H3. The van der Waals surface area contributed by atoms with Crippen LogP contribution in [0.1, 0.15) is 49.1 Å². The van der Waals surface area contributed by atoms with Crippen molar-refractivity contribution in [2.24, 2.45) is 0 Å². The minimum atomic E-state index is 0.456. The number of aryl methyl sites for hydroxylation is 2. The third-order valence-electron chi connectivity index (χ3n) is 3.90. The van der Waals surface area contributed by atoms with Crippen molar-refractivity contribution in [1.82, 2.24) is 9.88 Å². The molecule has 0 aliphatic heterocycles. The number of fused-ring (bicyclic) bond motifs is 1. The fraction of sp³-hybridized carbons (Fsp3) is 0.500. The summed E-state index contributed by atoms with van der Waals surface area (Å²) < 4.78 is 7.80. The van der Waals surface area contributed by atoms with E-state index in [1.165, 1.54) is 36.1 Å². The predicted molar refractivity (Wildman–Crippen MR) is 75.9 cm³/mol. The van der Waals surface area contributed by atoms with Crippen LogP contribution >= 0.6 is 0 Å². The molecule has 0 saturated carbocycles. The first kappa shape index (κ1) is 12.5. The van der Waals surface area contributed by atoms with Gasteiger partial charge in [0.1, 0.15) is 5.76 Å². The molecule has 1 unspecified atom stereocenters. The van der Waals surface area contributed by atoms with E-state index in [9.17, 15) is 0 Å². The summed E-state index contributed by atoms with van der Waals surface area (Å²) in [6.45, 7) is 4.25. The topological polar surface area (TPSA) is 30.1 Å². The van der Waals surface area contributed by atoms with Crippen LogP contribution in [-0.4, -0.2) is 4.57 Å². The van der Waals surface area contributed by atoms with Gasteiger partial charge in [-0.15, -0.1) is 0 Å². The van der Waals surface area contributed by atoms with Gasteiger partial charge in [0.15, 0.2) is 0 Å². The Morgan fingerprint density at radius 2 is 2.37 bits per heavy atom. The van der Waals surface area contributed by atoms with E-state index in [1.54, 1.807) is 0 Å². The molecule has 2 heterocycles. The molecule has 3 nitrogen and oxygen atoms in total. The van der Waals surface area contributed by atoms with E-state index in [-0.39, 0.29) is 0 Å². The van der Waals surface area contributed by atoms with E-state index >= 15 is 0 Å². The lowest BCUT2D eigenvalue weighted by atomic mass is 9.93. The summed E-state index contributed by atoms with van der Waals surface area (Å²) >= 11 is 0. The summed E-state index contributed by atoms with van der Waals surface area (Å²) in [5.41, 5.74) is 2.73. The van der Waals surface area contributed by atoms with Crippen molar-refractivity contribution in [2.75, 3.05) is 0 Å². The van der Waals surface area contributed by atoms with Crippen molar-refractivity contribution in [2.45, 2.75) is 51.7 Å². The first-order valence-electron chi connectivity index (χ1n) is 7.31. The first-order chi connectivity index (χ1) is 9.36. The molecule has 102 valence electrons. The van der Waals surface area contributed by atoms with E-state index in [1.807, 2.05) is 6.26 Å². The number of nitrogens with zero attached hydrogens (tertiary/aromatic N) is 1. The molecule has 1 N–H and O–H groups in total. The van der Waals surface area contributed by atoms with Crippen LogP contribution in [0.5, 0.6) is 0 Å². The molecule has 0 radical (unpaired) electrons. The van der Waals surface area contributed by atoms with Crippen molar-refractivity contribution in [3.05, 3.63) is 47.7 Å². The average molecular weight is 258 g/mol. The Balaban J connectivity index is 1.61. The molecule has 0 bridgehead atoms. The summed E-state index contributed by atoms with van der Waals surface area (Å²) in [6.07, 6.45) is 10.9. The monoisotopic (exact) mass is 258 g/mol. The highest BCUT2D eigenvalue weighted by Gasteiger charge is 2.21. The SMILES string of the molecule is CCCn1ccc(CNC2CCCc3occc32)c1. The van der Waals surface area contributed by atoms with Gasteiger partial charge in [0, 0.05) is 43.5 Å². The first-order valence-corrected chi connectivity index (χ1v) is 7.31. The van der Waals surface area contributed by atoms with Gasteiger partial charge in [0.05, 0.1) is 6.26 Å². The van der Waals surface area contributed by atoms with Crippen LogP contribution < -0.4 is 5.32 Å². The number of furan rings is 1. The van der Waals surface area contributed by atoms with Gasteiger partial charge in [0.25, 0.3) is 0 Å². The van der Waals surface area contributed by atoms with E-state index in [2.05, 4.69) is 41.3 Å². The molecule has 3 rings (SSSR count). The number of rotatable bonds is 5. The van der Waals surface area contributed by atoms with Crippen LogP contribution in [0, 0.1) is 0 Å². The van der Waals surface area contributed by atoms with Crippen molar-refractivity contribution in [3.8, 4) is 0 Å². The van der Waals surface area contributed by atoms with Crippen LogP contribution in [0.25, 0.3) is 0 Å². The van der Waals surface area contributed by atoms with Gasteiger partial charge >= 0.3 is 0 Å². The zero-order valence-corrected chi connectivity index (χ0v) is 11.6. The Hall–Kier alpha value is -1.48. The summed E-state index contributed by atoms with van der Waals surface area (Å²) in [4.78, 5) is 0. The lowest BCUT2D eigenvalue weighted by molar-refractivity contribution is 0.411. The molecule has 1 aliphatic carbocycles. The van der Waals surface area contributed by atoms with Gasteiger partial charge in [-0.3, -0.25) is 0 Å². The molecular weight excluding hydrogens is 236 g/mol. The molecule has 19 heavy (non-hydrogen) atoms. The minimum absolute atomic E-state index is 0.456. The summed E-state index contributed by atoms with van der Waals surface area (Å²) in [5.74, 6) is 1.17. The van der Waals surface area contributed by atoms with Crippen LogP contribution in [0.4, 0.5) is 0 Å². The molecule has 0 fully saturated rings. The predicted octanol–water partition coefficient (Wildman–Crippen LogP) is 3.66. The third-order valence-corrected chi connectivity index (χ3v) is 3.90. The van der Waals surface area contributed by atoms with E-state index in [0.717, 1.165) is 19.5 Å². The molecule has 2 aromatic rings. The van der Waals surface area contributed by atoms with E-state index in [0.29, 0.717) is 6.04 Å². The third kappa shape index (κ3) is 2.76. The van der Waals surface area contributed by atoms with E-state index in [4.69, 9.17) is 4.42 Å². The Labute approximate surface area is 114 Å². The smallest absolute Gasteiger partial charge is 0.108 e. The van der Waals surface area contributed by atoms with Crippen molar-refractivity contribution < 1.29 is 4.42 Å². The molecular formula is C16H22N2O. The molecule has 0 spiro atoms. The highest BCUT2D eigenvalue weighted by atomic mass is 16.3. The summed E-state index contributed by atoms with van der Waals surface area (Å²) in [7, 11) is 0. The van der Waals surface area contributed by atoms with Gasteiger partial charge in [-0.1, -0.05) is 6.92 Å². The highest BCUT2D eigenvalue weighted by Crippen LogP contribution is 2.30. The number of hydrogen-bond acceptors (Lipinski definition) is 2. The normalized spacial score (nSPS) is 18.5. The number of nitrogens with one attached hydrogen (secondary N) is 1. The second-order valence-electron chi connectivity index (χ2n) is 5.38. The average Bonchev–Trinajstić information content (AvgIpc) is 3.05. The lowest BCUT2D eigenvalue weighted by Crippen LogP contribution is -2.23. The van der Waals surface area contributed by atoms with Gasteiger partial charge in [-0.25, -0.2) is 0 Å². The van der Waals surface area contributed by atoms with Crippen LogP contribution in [0.3, 0.4) is 0 Å². The second kappa shape index (κ2) is 5.66. The Kier molecular flexibility index (Phi) is 3.74. The van der Waals surface area contributed by atoms with Crippen LogP contribution in [-0.2, 0) is 19.5 Å². The Bertz CT molecular complexity index is 526. The zero-order valence-electron chi connectivity index (χ0n) is 11.6. The summed E-state index contributed by atoms with van der Waals surface area (Å²) in [5, 5.41) is 3.66. The Morgan fingerprint density at radius 1 is 1.42 bits per heavy atom. The summed E-state index contributed by atoms with van der Waals surface area (Å²) in [6, 6.07) is 4.79. The minimum Gasteiger partial charge on any atom is -0.469 e. The maximum absolute atomic E-state index is 5.53. The highest BCUT2D eigenvalue weighted by molar-refractivity contribution is 5.24. The second-order valence-corrected chi connectivity index (χ2v) is 5.38. The maximum atomic E-state index is 5.53. The fourth-order valence-electron chi connectivity index (χ4n) is 2.93. The van der Waals surface area contributed by atoms with Crippen molar-refractivity contribution in [3.63, 3.8) is 0 Å². The van der Waals surface area contributed by atoms with Crippen molar-refractivity contribution >= 4 is 0 Å². The molecule has 0 saturated heterocycles. The largest absolute Gasteiger partial charge is 0.469 e. The van der Waals surface area contributed by atoms with Gasteiger partial charge < -0.3 is 14.3 Å². The zero-order chi connectivity index (χ0) is 13.1. The van der Waals surface area contributed by atoms with Crippen LogP contribution in [0.15, 0.2) is 35.2 Å². The van der Waals surface area contributed by atoms with Crippen molar-refractivity contribution in [1.29, 1.82) is 0 Å². The lowest BCUT2D eigenvalue weighted by Gasteiger charge is -2.22. The molecule has 0 amide bonds. The quantitative estimate of drug-likeness (QED) is 0.887. The molecule has 0 aromatic carbocycles. The Morgan fingerprint density at radius 3 is 3.26 bits per heavy atom. The van der Waals surface area contributed by atoms with Gasteiger partial charge in [0.2, 0.25) is 0 Å². The molecule has 1 aliphatic rings.